The van der Waals surface area contributed by atoms with Gasteiger partial charge in [0.25, 0.3) is 5.91 Å². The Balaban J connectivity index is 2.16. The molecule has 1 amide bonds. The number of pyridine rings is 1. The summed E-state index contributed by atoms with van der Waals surface area (Å²) in [6.45, 7) is 4.17. The van der Waals surface area contributed by atoms with E-state index in [1.54, 1.807) is 25.4 Å². The first-order valence-electron chi connectivity index (χ1n) is 8.18. The van der Waals surface area contributed by atoms with Gasteiger partial charge in [0, 0.05) is 11.1 Å². The molecule has 0 saturated heterocycles. The number of nitrogens with one attached hydrogen (secondary N) is 1. The molecule has 5 heteroatoms. The summed E-state index contributed by atoms with van der Waals surface area (Å²) in [5.41, 5.74) is 1.49. The molecule has 1 heterocycles. The molecule has 1 N–H and O–H groups in total. The highest BCUT2D eigenvalue weighted by Crippen LogP contribution is 2.31. The fraction of sp³-hybridized carbons (Fsp3) is 0.368. The highest BCUT2D eigenvalue weighted by atomic mass is 32.2. The van der Waals surface area contributed by atoms with Gasteiger partial charge in [0.05, 0.1) is 13.2 Å². The molecule has 0 bridgehead atoms. The number of benzene rings is 1. The topological polar surface area (TPSA) is 51.2 Å². The number of hydrogen-bond acceptors (Lipinski definition) is 4. The van der Waals surface area contributed by atoms with Gasteiger partial charge in [-0.05, 0) is 55.0 Å². The first-order chi connectivity index (χ1) is 11.7. The van der Waals surface area contributed by atoms with Gasteiger partial charge in [-0.2, -0.15) is 0 Å². The van der Waals surface area contributed by atoms with Crippen molar-refractivity contribution < 1.29 is 9.53 Å². The maximum absolute atomic E-state index is 12.3. The van der Waals surface area contributed by atoms with Gasteiger partial charge in [-0.15, -0.1) is 11.8 Å². The van der Waals surface area contributed by atoms with Crippen molar-refractivity contribution in [2.24, 2.45) is 0 Å². The third-order valence-electron chi connectivity index (χ3n) is 3.68. The van der Waals surface area contributed by atoms with Crippen LogP contribution in [0, 0.1) is 0 Å². The normalized spacial score (nSPS) is 11.8. The Kier molecular flexibility index (Phi) is 7.12. The van der Waals surface area contributed by atoms with E-state index in [1.165, 1.54) is 17.7 Å². The van der Waals surface area contributed by atoms with E-state index in [0.717, 1.165) is 17.1 Å². The average Bonchev–Trinajstić information content (AvgIpc) is 2.62. The number of aromatic nitrogens is 1. The zero-order valence-electron chi connectivity index (χ0n) is 14.4. The van der Waals surface area contributed by atoms with Crippen molar-refractivity contribution in [2.45, 2.75) is 37.6 Å². The number of carbonyl (C=O) groups excluding carboxylic acids is 1. The highest BCUT2D eigenvalue weighted by Gasteiger charge is 2.16. The average molecular weight is 344 g/mol. The smallest absolute Gasteiger partial charge is 0.270 e. The quantitative estimate of drug-likeness (QED) is 0.567. The number of nitrogens with zero attached hydrogens (tertiary/aromatic N) is 1. The number of ether oxygens (including phenoxy) is 1. The minimum absolute atomic E-state index is 0.126. The zero-order valence-corrected chi connectivity index (χ0v) is 15.2. The first kappa shape index (κ1) is 18.3. The number of rotatable bonds is 8. The van der Waals surface area contributed by atoms with E-state index >= 15 is 0 Å². The Morgan fingerprint density at radius 3 is 2.83 bits per heavy atom. The predicted octanol–water partition coefficient (Wildman–Crippen LogP) is 4.47. The van der Waals surface area contributed by atoms with Gasteiger partial charge in [0.1, 0.15) is 11.4 Å². The van der Waals surface area contributed by atoms with Crippen LogP contribution in [0.3, 0.4) is 0 Å². The van der Waals surface area contributed by atoms with Gasteiger partial charge in [-0.1, -0.05) is 19.4 Å². The number of hydrogen-bond donors (Lipinski definition) is 1. The standard InChI is InChI=1S/C19H24N2O2S/c1-4-5-12-24-18-10-9-15(23-3)13-16(18)14(2)21-19(22)17-8-6-7-11-20-17/h6-11,13-14H,4-5,12H2,1-3H3,(H,21,22)/t14-/m1/s1. The number of methoxy groups -OCH3 is 1. The molecule has 2 rings (SSSR count). The summed E-state index contributed by atoms with van der Waals surface area (Å²) in [6, 6.07) is 11.2. The van der Waals surface area contributed by atoms with Crippen LogP contribution in [-0.4, -0.2) is 23.8 Å². The Hall–Kier alpha value is -2.01. The molecule has 0 unspecified atom stereocenters. The van der Waals surface area contributed by atoms with E-state index in [4.69, 9.17) is 4.74 Å². The third-order valence-corrected chi connectivity index (χ3v) is 4.86. The Bertz CT molecular complexity index is 662. The molecule has 0 aliphatic rings. The van der Waals surface area contributed by atoms with Crippen molar-refractivity contribution in [1.82, 2.24) is 10.3 Å². The van der Waals surface area contributed by atoms with Crippen LogP contribution in [0.2, 0.25) is 0 Å². The van der Waals surface area contributed by atoms with Gasteiger partial charge >= 0.3 is 0 Å². The Morgan fingerprint density at radius 1 is 1.33 bits per heavy atom. The van der Waals surface area contributed by atoms with Gasteiger partial charge in [-0.25, -0.2) is 0 Å². The molecular weight excluding hydrogens is 320 g/mol. The summed E-state index contributed by atoms with van der Waals surface area (Å²) in [6.07, 6.45) is 3.96. The first-order valence-corrected chi connectivity index (χ1v) is 9.17. The molecular formula is C19H24N2O2S. The van der Waals surface area contributed by atoms with Crippen LogP contribution in [0.15, 0.2) is 47.5 Å². The molecule has 0 aliphatic carbocycles. The van der Waals surface area contributed by atoms with E-state index in [1.807, 2.05) is 36.9 Å². The fourth-order valence-electron chi connectivity index (χ4n) is 2.30. The summed E-state index contributed by atoms with van der Waals surface area (Å²) < 4.78 is 5.34. The van der Waals surface area contributed by atoms with Crippen molar-refractivity contribution in [3.63, 3.8) is 0 Å². The largest absolute Gasteiger partial charge is 0.497 e. The minimum Gasteiger partial charge on any atom is -0.497 e. The van der Waals surface area contributed by atoms with Crippen LogP contribution < -0.4 is 10.1 Å². The minimum atomic E-state index is -0.171. The van der Waals surface area contributed by atoms with Crippen molar-refractivity contribution in [1.29, 1.82) is 0 Å². The van der Waals surface area contributed by atoms with Crippen LogP contribution in [-0.2, 0) is 0 Å². The second kappa shape index (κ2) is 9.33. The molecule has 4 nitrogen and oxygen atoms in total. The molecule has 1 aromatic heterocycles. The molecule has 1 aromatic carbocycles. The van der Waals surface area contributed by atoms with E-state index < -0.39 is 0 Å². The number of thioether (sulfide) groups is 1. The third kappa shape index (κ3) is 4.99. The monoisotopic (exact) mass is 344 g/mol. The second-order valence-electron chi connectivity index (χ2n) is 5.52. The lowest BCUT2D eigenvalue weighted by Gasteiger charge is -2.18. The lowest BCUT2D eigenvalue weighted by Crippen LogP contribution is -2.27. The van der Waals surface area contributed by atoms with E-state index in [9.17, 15) is 4.79 Å². The van der Waals surface area contributed by atoms with Gasteiger partial charge < -0.3 is 10.1 Å². The zero-order chi connectivity index (χ0) is 17.4. The van der Waals surface area contributed by atoms with Crippen LogP contribution in [0.25, 0.3) is 0 Å². The number of unbranched alkanes of at least 4 members (excludes halogenated alkanes) is 1. The molecule has 0 spiro atoms. The van der Waals surface area contributed by atoms with Crippen LogP contribution >= 0.6 is 11.8 Å². The molecule has 1 atom stereocenters. The maximum Gasteiger partial charge on any atom is 0.270 e. The molecule has 0 saturated carbocycles. The molecule has 0 radical (unpaired) electrons. The van der Waals surface area contributed by atoms with Crippen LogP contribution in [0.1, 0.15) is 48.8 Å². The van der Waals surface area contributed by atoms with Gasteiger partial charge in [0.2, 0.25) is 0 Å². The van der Waals surface area contributed by atoms with Gasteiger partial charge in [0.15, 0.2) is 0 Å². The lowest BCUT2D eigenvalue weighted by molar-refractivity contribution is 0.0934. The van der Waals surface area contributed by atoms with Crippen molar-refractivity contribution in [3.8, 4) is 5.75 Å². The SMILES string of the molecule is CCCCSc1ccc(OC)cc1[C@@H](C)NC(=O)c1ccccn1. The van der Waals surface area contributed by atoms with Crippen molar-refractivity contribution in [3.05, 3.63) is 53.9 Å². The fourth-order valence-corrected chi connectivity index (χ4v) is 3.51. The summed E-state index contributed by atoms with van der Waals surface area (Å²) in [5, 5.41) is 3.02. The van der Waals surface area contributed by atoms with Crippen molar-refractivity contribution in [2.75, 3.05) is 12.9 Å². The van der Waals surface area contributed by atoms with Gasteiger partial charge in [-0.3, -0.25) is 9.78 Å². The van der Waals surface area contributed by atoms with E-state index in [-0.39, 0.29) is 11.9 Å². The Morgan fingerprint density at radius 2 is 2.17 bits per heavy atom. The van der Waals surface area contributed by atoms with Crippen molar-refractivity contribution >= 4 is 17.7 Å². The summed E-state index contributed by atoms with van der Waals surface area (Å²) in [4.78, 5) is 17.6. The molecule has 0 fully saturated rings. The van der Waals surface area contributed by atoms with E-state index in [0.29, 0.717) is 5.69 Å². The highest BCUT2D eigenvalue weighted by molar-refractivity contribution is 7.99. The number of carbonyl (C=O) groups is 1. The van der Waals surface area contributed by atoms with Crippen LogP contribution in [0.4, 0.5) is 0 Å². The predicted molar refractivity (Wildman–Crippen MR) is 98.7 cm³/mol. The summed E-state index contributed by atoms with van der Waals surface area (Å²) >= 11 is 1.82. The number of amides is 1. The molecule has 24 heavy (non-hydrogen) atoms. The Labute approximate surface area is 148 Å². The molecule has 0 aliphatic heterocycles. The van der Waals surface area contributed by atoms with Crippen LogP contribution in [0.5, 0.6) is 5.75 Å². The molecule has 128 valence electrons. The summed E-state index contributed by atoms with van der Waals surface area (Å²) in [5.74, 6) is 1.69. The lowest BCUT2D eigenvalue weighted by atomic mass is 10.1. The second-order valence-corrected chi connectivity index (χ2v) is 6.65. The maximum atomic E-state index is 12.3. The summed E-state index contributed by atoms with van der Waals surface area (Å²) in [7, 11) is 1.65. The van der Waals surface area contributed by atoms with E-state index in [2.05, 4.69) is 23.3 Å². The molecule has 2 aromatic rings.